The molecule has 4 rings (SSSR count). The van der Waals surface area contributed by atoms with Gasteiger partial charge in [0.05, 0.1) is 17.3 Å². The molecule has 0 atom stereocenters. The van der Waals surface area contributed by atoms with Gasteiger partial charge in [-0.3, -0.25) is 9.78 Å². The fourth-order valence-electron chi connectivity index (χ4n) is 3.51. The summed E-state index contributed by atoms with van der Waals surface area (Å²) in [6.07, 6.45) is 10.4. The van der Waals surface area contributed by atoms with E-state index in [-0.39, 0.29) is 5.91 Å². The van der Waals surface area contributed by atoms with Gasteiger partial charge >= 0.3 is 0 Å². The highest BCUT2D eigenvalue weighted by molar-refractivity contribution is 5.93. The Morgan fingerprint density at radius 2 is 1.88 bits per heavy atom. The van der Waals surface area contributed by atoms with Crippen molar-refractivity contribution in [2.75, 3.05) is 6.54 Å². The van der Waals surface area contributed by atoms with Crippen molar-refractivity contribution in [3.8, 4) is 23.0 Å². The smallest absolute Gasteiger partial charge is 0.247 e. The van der Waals surface area contributed by atoms with E-state index in [0.29, 0.717) is 18.7 Å². The second kappa shape index (κ2) is 10.7. The summed E-state index contributed by atoms with van der Waals surface area (Å²) in [5, 5.41) is 13.7. The first-order valence-electron chi connectivity index (χ1n) is 10.8. The molecule has 0 bridgehead atoms. The molecular formula is C28H23N5O. The minimum absolute atomic E-state index is 0.145. The molecule has 166 valence electrons. The molecule has 2 heterocycles. The summed E-state index contributed by atoms with van der Waals surface area (Å²) in [6, 6.07) is 22.9. The van der Waals surface area contributed by atoms with Crippen LogP contribution in [0, 0.1) is 11.3 Å². The first-order chi connectivity index (χ1) is 16.7. The predicted octanol–water partition coefficient (Wildman–Crippen LogP) is 5.03. The molecule has 2 aromatic carbocycles. The highest BCUT2D eigenvalue weighted by atomic mass is 16.2. The molecule has 4 aromatic rings. The molecule has 0 spiro atoms. The van der Waals surface area contributed by atoms with E-state index in [0.717, 1.165) is 28.1 Å². The van der Waals surface area contributed by atoms with Gasteiger partial charge in [0.1, 0.15) is 5.69 Å². The van der Waals surface area contributed by atoms with Gasteiger partial charge in [-0.05, 0) is 48.0 Å². The summed E-state index contributed by atoms with van der Waals surface area (Å²) in [4.78, 5) is 19.0. The number of rotatable bonds is 8. The van der Waals surface area contributed by atoms with Gasteiger partial charge in [0.15, 0.2) is 0 Å². The second-order valence-corrected chi connectivity index (χ2v) is 7.60. The highest BCUT2D eigenvalue weighted by Gasteiger charge is 2.13. The lowest BCUT2D eigenvalue weighted by Gasteiger charge is -2.19. The van der Waals surface area contributed by atoms with E-state index >= 15 is 0 Å². The quantitative estimate of drug-likeness (QED) is 0.281. The molecule has 6 nitrogen and oxygen atoms in total. The molecule has 0 aliphatic heterocycles. The van der Waals surface area contributed by atoms with Crippen LogP contribution in [0.1, 0.15) is 16.7 Å². The van der Waals surface area contributed by atoms with E-state index in [2.05, 4.69) is 17.6 Å². The van der Waals surface area contributed by atoms with Crippen molar-refractivity contribution in [1.29, 1.82) is 5.26 Å². The Labute approximate surface area is 198 Å². The summed E-state index contributed by atoms with van der Waals surface area (Å²) < 4.78 is 1.80. The zero-order valence-corrected chi connectivity index (χ0v) is 18.6. The normalized spacial score (nSPS) is 10.7. The minimum atomic E-state index is -0.145. The van der Waals surface area contributed by atoms with E-state index < -0.39 is 0 Å². The van der Waals surface area contributed by atoms with Crippen LogP contribution >= 0.6 is 0 Å². The van der Waals surface area contributed by atoms with Crippen LogP contribution in [0.4, 0.5) is 0 Å². The van der Waals surface area contributed by atoms with Crippen LogP contribution in [0.2, 0.25) is 0 Å². The topological polar surface area (TPSA) is 74.8 Å². The fourth-order valence-corrected chi connectivity index (χ4v) is 3.51. The number of carbonyl (C=O) groups is 1. The summed E-state index contributed by atoms with van der Waals surface area (Å²) in [6.45, 7) is 4.60. The van der Waals surface area contributed by atoms with Gasteiger partial charge in [-0.15, -0.1) is 6.58 Å². The Bertz CT molecular complexity index is 1330. The Hall–Kier alpha value is -4.76. The number of amides is 1. The second-order valence-electron chi connectivity index (χ2n) is 7.60. The largest absolute Gasteiger partial charge is 0.331 e. The number of para-hydroxylation sites is 1. The van der Waals surface area contributed by atoms with Crippen LogP contribution in [0.5, 0.6) is 0 Å². The zero-order valence-electron chi connectivity index (χ0n) is 18.6. The Morgan fingerprint density at radius 1 is 1.09 bits per heavy atom. The van der Waals surface area contributed by atoms with Gasteiger partial charge in [0, 0.05) is 48.9 Å². The number of aromatic nitrogens is 3. The molecule has 0 aliphatic rings. The van der Waals surface area contributed by atoms with Crippen LogP contribution in [-0.2, 0) is 11.3 Å². The maximum absolute atomic E-state index is 13.1. The molecule has 0 radical (unpaired) electrons. The van der Waals surface area contributed by atoms with Gasteiger partial charge in [0.25, 0.3) is 0 Å². The maximum Gasteiger partial charge on any atom is 0.247 e. The third-order valence-corrected chi connectivity index (χ3v) is 5.22. The van der Waals surface area contributed by atoms with E-state index in [9.17, 15) is 4.79 Å². The lowest BCUT2D eigenvalue weighted by molar-refractivity contribution is -0.126. The lowest BCUT2D eigenvalue weighted by atomic mass is 10.1. The zero-order chi connectivity index (χ0) is 23.8. The summed E-state index contributed by atoms with van der Waals surface area (Å²) in [5.74, 6) is -0.145. The van der Waals surface area contributed by atoms with Crippen LogP contribution in [0.25, 0.3) is 23.0 Å². The highest BCUT2D eigenvalue weighted by Crippen LogP contribution is 2.24. The van der Waals surface area contributed by atoms with E-state index in [1.807, 2.05) is 60.8 Å². The molecule has 0 N–H and O–H groups in total. The van der Waals surface area contributed by atoms with Crippen molar-refractivity contribution in [2.45, 2.75) is 6.54 Å². The number of hydrogen-bond donors (Lipinski definition) is 0. The average molecular weight is 446 g/mol. The molecule has 0 aliphatic carbocycles. The van der Waals surface area contributed by atoms with E-state index in [4.69, 9.17) is 10.4 Å². The van der Waals surface area contributed by atoms with Crippen LogP contribution in [0.3, 0.4) is 0 Å². The van der Waals surface area contributed by atoms with Crippen molar-refractivity contribution in [3.05, 3.63) is 121 Å². The SMILES string of the molecule is C=CCN(Cc1ccc(C#N)cc1)C(=O)/C=C/c1cn(-c2ccccc2)nc1-c1cccnc1. The van der Waals surface area contributed by atoms with Crippen molar-refractivity contribution in [2.24, 2.45) is 0 Å². The number of benzene rings is 2. The number of pyridine rings is 1. The first kappa shape index (κ1) is 22.4. The van der Waals surface area contributed by atoms with E-state index in [1.165, 1.54) is 0 Å². The van der Waals surface area contributed by atoms with Gasteiger partial charge in [0.2, 0.25) is 5.91 Å². The lowest BCUT2D eigenvalue weighted by Crippen LogP contribution is -2.29. The molecule has 0 fully saturated rings. The Kier molecular flexibility index (Phi) is 7.06. The van der Waals surface area contributed by atoms with Crippen molar-refractivity contribution < 1.29 is 4.79 Å². The van der Waals surface area contributed by atoms with Gasteiger partial charge in [-0.2, -0.15) is 10.4 Å². The third kappa shape index (κ3) is 5.34. The van der Waals surface area contributed by atoms with Gasteiger partial charge in [-0.1, -0.05) is 36.4 Å². The average Bonchev–Trinajstić information content (AvgIpc) is 3.33. The predicted molar refractivity (Wildman–Crippen MR) is 133 cm³/mol. The van der Waals surface area contributed by atoms with Crippen LogP contribution < -0.4 is 0 Å². The number of hydrogen-bond acceptors (Lipinski definition) is 4. The van der Waals surface area contributed by atoms with Gasteiger partial charge < -0.3 is 4.90 Å². The van der Waals surface area contributed by atoms with Crippen molar-refractivity contribution in [3.63, 3.8) is 0 Å². The third-order valence-electron chi connectivity index (χ3n) is 5.22. The number of carbonyl (C=O) groups excluding carboxylic acids is 1. The molecular weight excluding hydrogens is 422 g/mol. The van der Waals surface area contributed by atoms with Crippen LogP contribution in [0.15, 0.2) is 104 Å². The van der Waals surface area contributed by atoms with E-state index in [1.54, 1.807) is 52.3 Å². The standard InChI is InChI=1S/C28H23N5O/c1-2-17-32(20-23-12-10-22(18-29)11-13-23)27(34)15-14-25-21-33(26-8-4-3-5-9-26)31-28(25)24-7-6-16-30-19-24/h2-16,19,21H,1,17,20H2/b15-14+. The molecule has 6 heteroatoms. The molecule has 0 unspecified atom stereocenters. The monoisotopic (exact) mass is 445 g/mol. The fraction of sp³-hybridized carbons (Fsp3) is 0.0714. The summed E-state index contributed by atoms with van der Waals surface area (Å²) in [5.41, 5.74) is 4.86. The molecule has 2 aromatic heterocycles. The van der Waals surface area contributed by atoms with Crippen molar-refractivity contribution >= 4 is 12.0 Å². The Balaban J connectivity index is 1.61. The number of nitrogens with zero attached hydrogens (tertiary/aromatic N) is 5. The summed E-state index contributed by atoms with van der Waals surface area (Å²) in [7, 11) is 0. The van der Waals surface area contributed by atoms with Gasteiger partial charge in [-0.25, -0.2) is 4.68 Å². The maximum atomic E-state index is 13.1. The summed E-state index contributed by atoms with van der Waals surface area (Å²) >= 11 is 0. The molecule has 1 amide bonds. The van der Waals surface area contributed by atoms with Crippen molar-refractivity contribution in [1.82, 2.24) is 19.7 Å². The molecule has 34 heavy (non-hydrogen) atoms. The minimum Gasteiger partial charge on any atom is -0.331 e. The number of nitriles is 1. The molecule has 0 saturated carbocycles. The molecule has 0 saturated heterocycles. The first-order valence-corrected chi connectivity index (χ1v) is 10.8. The Morgan fingerprint density at radius 3 is 2.56 bits per heavy atom. The van der Waals surface area contributed by atoms with Crippen LogP contribution in [-0.4, -0.2) is 32.1 Å².